The summed E-state index contributed by atoms with van der Waals surface area (Å²) in [6.07, 6.45) is 2.26. The van der Waals surface area contributed by atoms with Gasteiger partial charge in [0.05, 0.1) is 15.9 Å². The molecule has 0 amide bonds. The second-order valence-electron chi connectivity index (χ2n) is 4.73. The van der Waals surface area contributed by atoms with Gasteiger partial charge in [-0.1, -0.05) is 0 Å². The molecule has 0 spiro atoms. The Hall–Kier alpha value is -0.390. The molecule has 1 aromatic heterocycles. The van der Waals surface area contributed by atoms with Gasteiger partial charge in [-0.25, -0.2) is 0 Å². The summed E-state index contributed by atoms with van der Waals surface area (Å²) in [5.41, 5.74) is 2.30. The fourth-order valence-electron chi connectivity index (χ4n) is 2.34. The maximum atomic E-state index is 5.40. The average Bonchev–Trinajstić information content (AvgIpc) is 2.57. The molecule has 2 rings (SSSR count). The Morgan fingerprint density at radius 3 is 2.65 bits per heavy atom. The van der Waals surface area contributed by atoms with Crippen LogP contribution < -0.4 is 0 Å². The standard InChI is InChI=1S/C12H20BrN3O/c1-9-12(13)11(16(3)14-9)8-15(2)10-4-6-17-7-5-10/h10H,4-8H2,1-3H3. The molecule has 0 radical (unpaired) electrons. The Balaban J connectivity index is 2.04. The highest BCUT2D eigenvalue weighted by molar-refractivity contribution is 9.10. The van der Waals surface area contributed by atoms with Crippen molar-refractivity contribution in [3.63, 3.8) is 0 Å². The summed E-state index contributed by atoms with van der Waals surface area (Å²) in [5.74, 6) is 0. The Labute approximate surface area is 111 Å². The number of hydrogen-bond donors (Lipinski definition) is 0. The van der Waals surface area contributed by atoms with Crippen LogP contribution in [0.25, 0.3) is 0 Å². The molecule has 1 aliphatic rings. The smallest absolute Gasteiger partial charge is 0.0739 e. The molecule has 0 unspecified atom stereocenters. The lowest BCUT2D eigenvalue weighted by Crippen LogP contribution is -2.36. The fourth-order valence-corrected chi connectivity index (χ4v) is 2.80. The molecule has 17 heavy (non-hydrogen) atoms. The van der Waals surface area contributed by atoms with E-state index >= 15 is 0 Å². The molecule has 0 atom stereocenters. The minimum atomic E-state index is 0.630. The summed E-state index contributed by atoms with van der Waals surface area (Å²) in [6, 6.07) is 0.630. The average molecular weight is 302 g/mol. The van der Waals surface area contributed by atoms with Crippen LogP contribution in [0.5, 0.6) is 0 Å². The number of nitrogens with zero attached hydrogens (tertiary/aromatic N) is 3. The van der Waals surface area contributed by atoms with E-state index < -0.39 is 0 Å². The molecule has 1 aromatic rings. The first kappa shape index (κ1) is 13.1. The van der Waals surface area contributed by atoms with E-state index in [4.69, 9.17) is 4.74 Å². The van der Waals surface area contributed by atoms with Crippen molar-refractivity contribution in [1.29, 1.82) is 0 Å². The van der Waals surface area contributed by atoms with Crippen molar-refractivity contribution >= 4 is 15.9 Å². The summed E-state index contributed by atoms with van der Waals surface area (Å²) >= 11 is 3.62. The lowest BCUT2D eigenvalue weighted by molar-refractivity contribution is 0.0399. The van der Waals surface area contributed by atoms with Crippen molar-refractivity contribution < 1.29 is 4.74 Å². The lowest BCUT2D eigenvalue weighted by atomic mass is 10.1. The van der Waals surface area contributed by atoms with E-state index in [0.717, 1.165) is 42.8 Å². The van der Waals surface area contributed by atoms with E-state index in [1.165, 1.54) is 5.69 Å². The van der Waals surface area contributed by atoms with Crippen molar-refractivity contribution in [1.82, 2.24) is 14.7 Å². The van der Waals surface area contributed by atoms with Crippen LogP contribution in [-0.2, 0) is 18.3 Å². The van der Waals surface area contributed by atoms with E-state index in [1.807, 2.05) is 18.7 Å². The molecule has 0 bridgehead atoms. The van der Waals surface area contributed by atoms with Crippen LogP contribution in [0.1, 0.15) is 24.2 Å². The molecule has 0 N–H and O–H groups in total. The number of aromatic nitrogens is 2. The molecule has 96 valence electrons. The van der Waals surface area contributed by atoms with E-state index in [9.17, 15) is 0 Å². The minimum absolute atomic E-state index is 0.630. The van der Waals surface area contributed by atoms with Crippen molar-refractivity contribution in [3.05, 3.63) is 15.9 Å². The Kier molecular flexibility index (Phi) is 4.22. The number of rotatable bonds is 3. The molecule has 0 saturated carbocycles. The second kappa shape index (κ2) is 5.50. The fraction of sp³-hybridized carbons (Fsp3) is 0.750. The van der Waals surface area contributed by atoms with E-state index in [2.05, 4.69) is 33.0 Å². The van der Waals surface area contributed by atoms with E-state index in [0.29, 0.717) is 6.04 Å². The van der Waals surface area contributed by atoms with E-state index in [-0.39, 0.29) is 0 Å². The summed E-state index contributed by atoms with van der Waals surface area (Å²) in [7, 11) is 4.19. The molecular weight excluding hydrogens is 282 g/mol. The van der Waals surface area contributed by atoms with Gasteiger partial charge in [0.25, 0.3) is 0 Å². The highest BCUT2D eigenvalue weighted by Crippen LogP contribution is 2.23. The molecule has 1 saturated heterocycles. The van der Waals surface area contributed by atoms with Crippen molar-refractivity contribution in [2.45, 2.75) is 32.4 Å². The van der Waals surface area contributed by atoms with Gasteiger partial charge in [0.1, 0.15) is 0 Å². The Morgan fingerprint density at radius 1 is 1.47 bits per heavy atom. The van der Waals surface area contributed by atoms with Gasteiger partial charge < -0.3 is 4.74 Å². The first-order chi connectivity index (χ1) is 8.09. The zero-order valence-electron chi connectivity index (χ0n) is 10.7. The van der Waals surface area contributed by atoms with Gasteiger partial charge in [0, 0.05) is 32.8 Å². The normalized spacial score (nSPS) is 17.9. The Bertz CT molecular complexity index is 385. The number of aryl methyl sites for hydroxylation is 2. The topological polar surface area (TPSA) is 30.3 Å². The molecule has 5 heteroatoms. The third-order valence-corrected chi connectivity index (χ3v) is 4.51. The monoisotopic (exact) mass is 301 g/mol. The van der Waals surface area contributed by atoms with Crippen LogP contribution in [-0.4, -0.2) is 41.0 Å². The third-order valence-electron chi connectivity index (χ3n) is 3.47. The van der Waals surface area contributed by atoms with Gasteiger partial charge >= 0.3 is 0 Å². The van der Waals surface area contributed by atoms with Gasteiger partial charge in [0.15, 0.2) is 0 Å². The van der Waals surface area contributed by atoms with Gasteiger partial charge in [-0.15, -0.1) is 0 Å². The number of ether oxygens (including phenoxy) is 1. The summed E-state index contributed by atoms with van der Waals surface area (Å²) in [4.78, 5) is 2.41. The van der Waals surface area contributed by atoms with Crippen LogP contribution in [0.2, 0.25) is 0 Å². The van der Waals surface area contributed by atoms with Crippen LogP contribution in [0.3, 0.4) is 0 Å². The molecule has 1 aliphatic heterocycles. The van der Waals surface area contributed by atoms with Gasteiger partial charge in [-0.05, 0) is 42.7 Å². The van der Waals surface area contributed by atoms with E-state index in [1.54, 1.807) is 0 Å². The van der Waals surface area contributed by atoms with Crippen LogP contribution in [0, 0.1) is 6.92 Å². The highest BCUT2D eigenvalue weighted by atomic mass is 79.9. The lowest BCUT2D eigenvalue weighted by Gasteiger charge is -2.31. The molecule has 2 heterocycles. The van der Waals surface area contributed by atoms with Gasteiger partial charge in [0.2, 0.25) is 0 Å². The first-order valence-corrected chi connectivity index (χ1v) is 6.85. The quantitative estimate of drug-likeness (QED) is 0.856. The summed E-state index contributed by atoms with van der Waals surface area (Å²) < 4.78 is 8.50. The minimum Gasteiger partial charge on any atom is -0.381 e. The molecular formula is C12H20BrN3O. The predicted octanol–water partition coefficient (Wildman–Crippen LogP) is 2.10. The van der Waals surface area contributed by atoms with Crippen molar-refractivity contribution in [2.75, 3.05) is 20.3 Å². The van der Waals surface area contributed by atoms with Crippen LogP contribution in [0.4, 0.5) is 0 Å². The molecule has 1 fully saturated rings. The van der Waals surface area contributed by atoms with Crippen LogP contribution >= 0.6 is 15.9 Å². The molecule has 0 aliphatic carbocycles. The molecule has 4 nitrogen and oxygen atoms in total. The van der Waals surface area contributed by atoms with Crippen molar-refractivity contribution in [3.8, 4) is 0 Å². The largest absolute Gasteiger partial charge is 0.381 e. The molecule has 0 aromatic carbocycles. The maximum absolute atomic E-state index is 5.40. The zero-order chi connectivity index (χ0) is 12.4. The Morgan fingerprint density at radius 2 is 2.12 bits per heavy atom. The van der Waals surface area contributed by atoms with Gasteiger partial charge in [-0.2, -0.15) is 5.10 Å². The zero-order valence-corrected chi connectivity index (χ0v) is 12.3. The maximum Gasteiger partial charge on any atom is 0.0739 e. The predicted molar refractivity (Wildman–Crippen MR) is 71.0 cm³/mol. The van der Waals surface area contributed by atoms with Gasteiger partial charge in [-0.3, -0.25) is 9.58 Å². The second-order valence-corrected chi connectivity index (χ2v) is 5.52. The van der Waals surface area contributed by atoms with Crippen molar-refractivity contribution in [2.24, 2.45) is 7.05 Å². The third kappa shape index (κ3) is 2.89. The number of halogens is 1. The highest BCUT2D eigenvalue weighted by Gasteiger charge is 2.21. The van der Waals surface area contributed by atoms with Crippen LogP contribution in [0.15, 0.2) is 4.47 Å². The number of hydrogen-bond acceptors (Lipinski definition) is 3. The SMILES string of the molecule is Cc1nn(C)c(CN(C)C2CCOCC2)c1Br. The summed E-state index contributed by atoms with van der Waals surface area (Å²) in [6.45, 7) is 4.74. The summed E-state index contributed by atoms with van der Waals surface area (Å²) in [5, 5.41) is 4.43. The first-order valence-electron chi connectivity index (χ1n) is 6.05.